The largest absolute Gasteiger partial charge is 0.472 e. The van der Waals surface area contributed by atoms with Crippen LogP contribution < -0.4 is 0 Å². The first kappa shape index (κ1) is 91.5. The number of unbranched alkanes of at least 4 members (excludes halogenated alkanes) is 36. The highest BCUT2D eigenvalue weighted by Crippen LogP contribution is 2.45. The van der Waals surface area contributed by atoms with Gasteiger partial charge in [-0.3, -0.25) is 37.3 Å². The smallest absolute Gasteiger partial charge is 0.462 e. The first-order chi connectivity index (χ1) is 45.2. The molecular weight excluding hydrogens is 1230 g/mol. The normalized spacial score (nSPS) is 14.3. The molecule has 0 aromatic rings. The zero-order valence-electron chi connectivity index (χ0n) is 60.9. The molecule has 5 atom stereocenters. The molecule has 0 spiro atoms. The summed E-state index contributed by atoms with van der Waals surface area (Å²) in [5.41, 5.74) is 0. The van der Waals surface area contributed by atoms with Crippen LogP contribution in [0.3, 0.4) is 0 Å². The van der Waals surface area contributed by atoms with Gasteiger partial charge in [-0.25, -0.2) is 9.13 Å². The van der Waals surface area contributed by atoms with E-state index >= 15 is 0 Å². The number of hydrogen-bond donors (Lipinski definition) is 3. The Morgan fingerprint density at radius 3 is 0.862 bits per heavy atom. The summed E-state index contributed by atoms with van der Waals surface area (Å²) in [5.74, 6) is 0.106. The molecule has 0 aromatic heterocycles. The van der Waals surface area contributed by atoms with Crippen LogP contribution in [0.1, 0.15) is 357 Å². The van der Waals surface area contributed by atoms with Gasteiger partial charge in [0.25, 0.3) is 0 Å². The number of aliphatic hydroxyl groups is 1. The molecule has 0 amide bonds. The minimum Gasteiger partial charge on any atom is -0.462 e. The minimum absolute atomic E-state index is 0.0847. The quantitative estimate of drug-likeness (QED) is 0.0169. The number of carbonyl (C=O) groups is 4. The van der Waals surface area contributed by atoms with Crippen LogP contribution in [-0.4, -0.2) is 96.7 Å². The molecule has 0 saturated heterocycles. The van der Waals surface area contributed by atoms with Gasteiger partial charge in [-0.2, -0.15) is 0 Å². The summed E-state index contributed by atoms with van der Waals surface area (Å²) in [6.45, 7) is 11.8. The highest BCUT2D eigenvalue weighted by molar-refractivity contribution is 7.47. The van der Waals surface area contributed by atoms with Gasteiger partial charge < -0.3 is 33.8 Å². The molecular formula is C75H142O17P2. The van der Waals surface area contributed by atoms with E-state index in [2.05, 4.69) is 72.8 Å². The van der Waals surface area contributed by atoms with Crippen molar-refractivity contribution in [1.82, 2.24) is 0 Å². The number of allylic oxidation sites excluding steroid dienone is 4. The molecule has 17 nitrogen and oxygen atoms in total. The summed E-state index contributed by atoms with van der Waals surface area (Å²) in [6.07, 6.45) is 53.5. The molecule has 0 rings (SSSR count). The van der Waals surface area contributed by atoms with E-state index in [1.54, 1.807) is 0 Å². The zero-order chi connectivity index (χ0) is 69.4. The van der Waals surface area contributed by atoms with Gasteiger partial charge in [0, 0.05) is 25.7 Å². The van der Waals surface area contributed by atoms with Crippen molar-refractivity contribution in [2.45, 2.75) is 375 Å². The van der Waals surface area contributed by atoms with Crippen molar-refractivity contribution in [2.24, 2.45) is 17.8 Å². The first-order valence-electron chi connectivity index (χ1n) is 38.2. The Morgan fingerprint density at radius 2 is 0.574 bits per heavy atom. The SMILES string of the molecule is CCCCCC/C=C\C=C/CCCCCCCC(=O)O[C@H](COC(=O)CCCCCCCCCCCCCCC(C)C)COP(=O)(O)OC[C@@H](O)COP(=O)(O)OC[C@@H](COC(=O)CCCCCCCCCCCC(C)C)OC(=O)CCCCCCCCCCCC(C)C. The number of esters is 4. The summed E-state index contributed by atoms with van der Waals surface area (Å²) in [6, 6.07) is 0. The van der Waals surface area contributed by atoms with E-state index in [0.717, 1.165) is 120 Å². The molecule has 19 heteroatoms. The standard InChI is InChI=1S/C75H142O17P2/c1-8-9-10-11-12-13-14-15-16-17-22-29-37-44-51-58-74(79)91-70(62-85-72(77)56-49-42-35-28-21-19-18-20-25-32-39-46-53-66(2)3)64-89-93(81,82)87-60-69(76)61-88-94(83,84)90-65-71(92-75(80)59-52-45-38-31-24-27-34-41-48-55-68(6)7)63-86-73(78)57-50-43-36-30-23-26-33-40-47-54-67(4)5/h13-16,66-71,76H,8-12,17-65H2,1-7H3,(H,81,82)(H,83,84)/b14-13-,16-15-/t69-,70-,71-/m1/s1. The Morgan fingerprint density at radius 1 is 0.330 bits per heavy atom. The second-order valence-electron chi connectivity index (χ2n) is 27.8. The van der Waals surface area contributed by atoms with Crippen molar-refractivity contribution < 1.29 is 80.2 Å². The Bertz CT molecular complexity index is 1930. The number of rotatable bonds is 71. The highest BCUT2D eigenvalue weighted by Gasteiger charge is 2.30. The first-order valence-corrected chi connectivity index (χ1v) is 41.2. The lowest BCUT2D eigenvalue weighted by Gasteiger charge is -2.21. The fraction of sp³-hybridized carbons (Fsp3) is 0.893. The summed E-state index contributed by atoms with van der Waals surface area (Å²) >= 11 is 0. The molecule has 0 bridgehead atoms. The number of phosphoric acid groups is 2. The summed E-state index contributed by atoms with van der Waals surface area (Å²) < 4.78 is 68.4. The third-order valence-electron chi connectivity index (χ3n) is 16.8. The molecule has 0 aromatic carbocycles. The molecule has 0 fully saturated rings. The van der Waals surface area contributed by atoms with Crippen molar-refractivity contribution in [2.75, 3.05) is 39.6 Å². The average molecular weight is 1380 g/mol. The van der Waals surface area contributed by atoms with E-state index in [9.17, 15) is 43.2 Å². The Labute approximate surface area is 573 Å². The average Bonchev–Trinajstić information content (AvgIpc) is 3.66. The highest BCUT2D eigenvalue weighted by atomic mass is 31.2. The van der Waals surface area contributed by atoms with Gasteiger partial charge in [0.05, 0.1) is 26.4 Å². The molecule has 0 saturated carbocycles. The molecule has 0 heterocycles. The van der Waals surface area contributed by atoms with Crippen LogP contribution in [0.4, 0.5) is 0 Å². The van der Waals surface area contributed by atoms with E-state index in [0.29, 0.717) is 25.7 Å². The lowest BCUT2D eigenvalue weighted by molar-refractivity contribution is -0.161. The summed E-state index contributed by atoms with van der Waals surface area (Å²) in [7, 11) is -9.92. The molecule has 0 aliphatic rings. The van der Waals surface area contributed by atoms with Crippen LogP contribution >= 0.6 is 15.6 Å². The monoisotopic (exact) mass is 1380 g/mol. The lowest BCUT2D eigenvalue weighted by Crippen LogP contribution is -2.30. The molecule has 94 heavy (non-hydrogen) atoms. The summed E-state index contributed by atoms with van der Waals surface area (Å²) in [4.78, 5) is 72.8. The Kier molecular flexibility index (Phi) is 63.5. The third-order valence-corrected chi connectivity index (χ3v) is 18.7. The van der Waals surface area contributed by atoms with Gasteiger partial charge in [-0.1, -0.05) is 304 Å². The predicted octanol–water partition coefficient (Wildman–Crippen LogP) is 21.3. The molecule has 0 aliphatic carbocycles. The van der Waals surface area contributed by atoms with Gasteiger partial charge in [-0.05, 0) is 69.1 Å². The Hall–Kier alpha value is -2.46. The molecule has 554 valence electrons. The maximum Gasteiger partial charge on any atom is 0.472 e. The van der Waals surface area contributed by atoms with Gasteiger partial charge >= 0.3 is 39.5 Å². The van der Waals surface area contributed by atoms with E-state index < -0.39 is 97.5 Å². The molecule has 0 aliphatic heterocycles. The second kappa shape index (κ2) is 65.2. The van der Waals surface area contributed by atoms with E-state index in [1.807, 2.05) is 0 Å². The van der Waals surface area contributed by atoms with Crippen LogP contribution in [0.2, 0.25) is 0 Å². The third kappa shape index (κ3) is 68.1. The van der Waals surface area contributed by atoms with Crippen LogP contribution in [0.5, 0.6) is 0 Å². The van der Waals surface area contributed by atoms with Gasteiger partial charge in [-0.15, -0.1) is 0 Å². The van der Waals surface area contributed by atoms with E-state index in [1.165, 1.54) is 154 Å². The van der Waals surface area contributed by atoms with Crippen LogP contribution in [0, 0.1) is 17.8 Å². The van der Waals surface area contributed by atoms with Crippen LogP contribution in [0.15, 0.2) is 24.3 Å². The zero-order valence-corrected chi connectivity index (χ0v) is 62.7. The second-order valence-corrected chi connectivity index (χ2v) is 30.7. The lowest BCUT2D eigenvalue weighted by atomic mass is 10.0. The number of ether oxygens (including phenoxy) is 4. The number of carbonyl (C=O) groups excluding carboxylic acids is 4. The topological polar surface area (TPSA) is 237 Å². The number of hydrogen-bond acceptors (Lipinski definition) is 15. The fourth-order valence-electron chi connectivity index (χ4n) is 10.9. The van der Waals surface area contributed by atoms with Crippen molar-refractivity contribution in [3.05, 3.63) is 24.3 Å². The number of aliphatic hydroxyl groups excluding tert-OH is 1. The van der Waals surface area contributed by atoms with Gasteiger partial charge in [0.2, 0.25) is 0 Å². The fourth-order valence-corrected chi connectivity index (χ4v) is 12.5. The molecule has 2 unspecified atom stereocenters. The van der Waals surface area contributed by atoms with Crippen molar-refractivity contribution >= 4 is 39.5 Å². The van der Waals surface area contributed by atoms with Crippen LogP contribution in [0.25, 0.3) is 0 Å². The van der Waals surface area contributed by atoms with Crippen molar-refractivity contribution in [3.8, 4) is 0 Å². The van der Waals surface area contributed by atoms with E-state index in [4.69, 9.17) is 37.0 Å². The maximum absolute atomic E-state index is 13.1. The summed E-state index contributed by atoms with van der Waals surface area (Å²) in [5, 5.41) is 10.6. The van der Waals surface area contributed by atoms with Crippen molar-refractivity contribution in [1.29, 1.82) is 0 Å². The molecule has 0 radical (unpaired) electrons. The van der Waals surface area contributed by atoms with Crippen molar-refractivity contribution in [3.63, 3.8) is 0 Å². The number of phosphoric ester groups is 2. The van der Waals surface area contributed by atoms with Crippen LogP contribution in [-0.2, 0) is 65.4 Å². The van der Waals surface area contributed by atoms with Gasteiger partial charge in [0.1, 0.15) is 19.3 Å². The Balaban J connectivity index is 5.30. The minimum atomic E-state index is -4.97. The molecule has 3 N–H and O–H groups in total. The van der Waals surface area contributed by atoms with Gasteiger partial charge in [0.15, 0.2) is 12.2 Å². The van der Waals surface area contributed by atoms with E-state index in [-0.39, 0.29) is 25.7 Å². The predicted molar refractivity (Wildman–Crippen MR) is 381 cm³/mol. The maximum atomic E-state index is 13.1.